The first kappa shape index (κ1) is 16.9. The highest BCUT2D eigenvalue weighted by Crippen LogP contribution is 2.29. The summed E-state index contributed by atoms with van der Waals surface area (Å²) in [5.41, 5.74) is 0. The third kappa shape index (κ3) is 4.31. The Kier molecular flexibility index (Phi) is 5.44. The van der Waals surface area contributed by atoms with Crippen molar-refractivity contribution in [1.82, 2.24) is 10.2 Å². The summed E-state index contributed by atoms with van der Waals surface area (Å²) in [6.45, 7) is -0.115. The number of esters is 1. The van der Waals surface area contributed by atoms with Gasteiger partial charge < -0.3 is 13.6 Å². The molecule has 0 amide bonds. The first-order chi connectivity index (χ1) is 11.6. The molecule has 0 aliphatic rings. The lowest BCUT2D eigenvalue weighted by molar-refractivity contribution is -0.142. The SMILES string of the molecule is O=C(CSc1cc(Cl)ccc1Cl)OCc1nnc(-c2ccco2)o1. The number of halogens is 2. The summed E-state index contributed by atoms with van der Waals surface area (Å²) in [6.07, 6.45) is 1.50. The first-order valence-corrected chi connectivity index (χ1v) is 8.45. The second-order valence-electron chi connectivity index (χ2n) is 4.50. The van der Waals surface area contributed by atoms with Gasteiger partial charge in [0, 0.05) is 9.92 Å². The maximum Gasteiger partial charge on any atom is 0.316 e. The standard InChI is InChI=1S/C15H10Cl2N2O4S/c16-9-3-4-10(17)12(6-9)24-8-14(20)22-7-13-18-19-15(23-13)11-2-1-5-21-11/h1-6H,7-8H2. The van der Waals surface area contributed by atoms with Crippen LogP contribution in [0.4, 0.5) is 0 Å². The van der Waals surface area contributed by atoms with Crippen LogP contribution in [0.5, 0.6) is 0 Å². The highest BCUT2D eigenvalue weighted by Gasteiger charge is 2.13. The molecular formula is C15H10Cl2N2O4S. The van der Waals surface area contributed by atoms with E-state index in [9.17, 15) is 4.79 Å². The van der Waals surface area contributed by atoms with Crippen LogP contribution in [0.25, 0.3) is 11.7 Å². The van der Waals surface area contributed by atoms with Crippen molar-refractivity contribution in [3.05, 3.63) is 52.5 Å². The molecule has 2 aromatic heterocycles. The number of carbonyl (C=O) groups excluding carboxylic acids is 1. The van der Waals surface area contributed by atoms with Gasteiger partial charge in [0.25, 0.3) is 11.8 Å². The van der Waals surface area contributed by atoms with Gasteiger partial charge in [-0.3, -0.25) is 4.79 Å². The molecule has 6 nitrogen and oxygen atoms in total. The van der Waals surface area contributed by atoms with Gasteiger partial charge in [-0.15, -0.1) is 22.0 Å². The number of carbonyl (C=O) groups is 1. The minimum atomic E-state index is -0.436. The minimum Gasteiger partial charge on any atom is -0.459 e. The smallest absolute Gasteiger partial charge is 0.316 e. The summed E-state index contributed by atoms with van der Waals surface area (Å²) in [6, 6.07) is 8.44. The van der Waals surface area contributed by atoms with Gasteiger partial charge >= 0.3 is 5.97 Å². The highest BCUT2D eigenvalue weighted by molar-refractivity contribution is 8.00. The number of furan rings is 1. The van der Waals surface area contributed by atoms with Crippen molar-refractivity contribution >= 4 is 40.9 Å². The summed E-state index contributed by atoms with van der Waals surface area (Å²) < 4.78 is 15.6. The van der Waals surface area contributed by atoms with Crippen molar-refractivity contribution in [1.29, 1.82) is 0 Å². The fraction of sp³-hybridized carbons (Fsp3) is 0.133. The Morgan fingerprint density at radius 2 is 2.12 bits per heavy atom. The lowest BCUT2D eigenvalue weighted by Gasteiger charge is -2.04. The Balaban J connectivity index is 1.50. The molecule has 0 radical (unpaired) electrons. The van der Waals surface area contributed by atoms with Crippen molar-refractivity contribution < 1.29 is 18.4 Å². The van der Waals surface area contributed by atoms with E-state index in [1.54, 1.807) is 30.3 Å². The Labute approximate surface area is 151 Å². The van der Waals surface area contributed by atoms with Gasteiger partial charge in [-0.25, -0.2) is 0 Å². The number of hydrogen-bond acceptors (Lipinski definition) is 7. The number of rotatable bonds is 6. The van der Waals surface area contributed by atoms with Gasteiger partial charge in [0.1, 0.15) is 0 Å². The molecule has 0 aliphatic heterocycles. The van der Waals surface area contributed by atoms with E-state index < -0.39 is 5.97 Å². The zero-order valence-corrected chi connectivity index (χ0v) is 14.4. The topological polar surface area (TPSA) is 78.4 Å². The third-order valence-electron chi connectivity index (χ3n) is 2.79. The monoisotopic (exact) mass is 384 g/mol. The van der Waals surface area contributed by atoms with Crippen LogP contribution in [0, 0.1) is 0 Å². The molecule has 0 aliphatic carbocycles. The second kappa shape index (κ2) is 7.74. The zero-order valence-electron chi connectivity index (χ0n) is 12.1. The molecule has 1 aromatic carbocycles. The lowest BCUT2D eigenvalue weighted by Crippen LogP contribution is -2.07. The molecule has 3 aromatic rings. The van der Waals surface area contributed by atoms with E-state index in [0.717, 1.165) is 0 Å². The minimum absolute atomic E-state index is 0.0826. The Morgan fingerprint density at radius 3 is 2.92 bits per heavy atom. The molecule has 9 heteroatoms. The van der Waals surface area contributed by atoms with Crippen molar-refractivity contribution in [2.75, 3.05) is 5.75 Å². The molecule has 0 atom stereocenters. The Hall–Kier alpha value is -1.96. The molecule has 0 fully saturated rings. The van der Waals surface area contributed by atoms with Gasteiger partial charge in [-0.2, -0.15) is 0 Å². The third-order valence-corrected chi connectivity index (χ3v) is 4.50. The van der Waals surface area contributed by atoms with Crippen molar-refractivity contribution in [2.24, 2.45) is 0 Å². The van der Waals surface area contributed by atoms with Crippen LogP contribution in [0.2, 0.25) is 10.0 Å². The molecule has 124 valence electrons. The molecule has 0 unspecified atom stereocenters. The molecule has 0 saturated heterocycles. The molecule has 0 bridgehead atoms. The average Bonchev–Trinajstić information content (AvgIpc) is 3.24. The van der Waals surface area contributed by atoms with Crippen LogP contribution in [-0.4, -0.2) is 21.9 Å². The molecule has 24 heavy (non-hydrogen) atoms. The van der Waals surface area contributed by atoms with Crippen molar-refractivity contribution in [2.45, 2.75) is 11.5 Å². The maximum absolute atomic E-state index is 11.8. The fourth-order valence-electron chi connectivity index (χ4n) is 1.72. The summed E-state index contributed by atoms with van der Waals surface area (Å²) in [5.74, 6) is 0.505. The normalized spacial score (nSPS) is 10.8. The molecule has 0 N–H and O–H groups in total. The van der Waals surface area contributed by atoms with Gasteiger partial charge in [0.2, 0.25) is 0 Å². The van der Waals surface area contributed by atoms with Crippen LogP contribution < -0.4 is 0 Å². The van der Waals surface area contributed by atoms with Crippen LogP contribution >= 0.6 is 35.0 Å². The van der Waals surface area contributed by atoms with Crippen molar-refractivity contribution in [3.8, 4) is 11.7 Å². The van der Waals surface area contributed by atoms with Gasteiger partial charge in [-0.1, -0.05) is 23.2 Å². The largest absolute Gasteiger partial charge is 0.459 e. The Bertz CT molecular complexity index is 836. The van der Waals surface area contributed by atoms with Crippen LogP contribution in [0.1, 0.15) is 5.89 Å². The number of hydrogen-bond donors (Lipinski definition) is 0. The molecule has 2 heterocycles. The zero-order chi connectivity index (χ0) is 16.9. The van der Waals surface area contributed by atoms with E-state index >= 15 is 0 Å². The number of benzene rings is 1. The van der Waals surface area contributed by atoms with Gasteiger partial charge in [0.05, 0.1) is 17.0 Å². The number of ether oxygens (including phenoxy) is 1. The number of aromatic nitrogens is 2. The molecule has 0 spiro atoms. The molecule has 3 rings (SSSR count). The van der Waals surface area contributed by atoms with Crippen LogP contribution in [-0.2, 0) is 16.1 Å². The summed E-state index contributed by atoms with van der Waals surface area (Å²) in [5, 5.41) is 8.67. The van der Waals surface area contributed by atoms with Gasteiger partial charge in [-0.05, 0) is 30.3 Å². The highest BCUT2D eigenvalue weighted by atomic mass is 35.5. The summed E-state index contributed by atoms with van der Waals surface area (Å²) in [4.78, 5) is 12.5. The van der Waals surface area contributed by atoms with Crippen molar-refractivity contribution in [3.63, 3.8) is 0 Å². The van der Waals surface area contributed by atoms with E-state index in [-0.39, 0.29) is 24.1 Å². The number of thioether (sulfide) groups is 1. The Morgan fingerprint density at radius 1 is 1.25 bits per heavy atom. The molecular weight excluding hydrogens is 375 g/mol. The number of nitrogens with zero attached hydrogens (tertiary/aromatic N) is 2. The lowest BCUT2D eigenvalue weighted by atomic mass is 10.4. The van der Waals surface area contributed by atoms with E-state index in [4.69, 9.17) is 36.8 Å². The fourth-order valence-corrected chi connectivity index (χ4v) is 3.01. The van der Waals surface area contributed by atoms with Crippen LogP contribution in [0.3, 0.4) is 0 Å². The average molecular weight is 385 g/mol. The summed E-state index contributed by atoms with van der Waals surface area (Å²) >= 11 is 13.2. The van der Waals surface area contributed by atoms with E-state index in [0.29, 0.717) is 20.7 Å². The molecule has 0 saturated carbocycles. The van der Waals surface area contributed by atoms with E-state index in [1.165, 1.54) is 18.0 Å². The first-order valence-electron chi connectivity index (χ1n) is 6.71. The van der Waals surface area contributed by atoms with Gasteiger partial charge in [0.15, 0.2) is 12.4 Å². The van der Waals surface area contributed by atoms with E-state index in [2.05, 4.69) is 10.2 Å². The maximum atomic E-state index is 11.8. The second-order valence-corrected chi connectivity index (χ2v) is 6.36. The summed E-state index contributed by atoms with van der Waals surface area (Å²) in [7, 11) is 0. The van der Waals surface area contributed by atoms with E-state index in [1.807, 2.05) is 0 Å². The predicted octanol–water partition coefficient (Wildman–Crippen LogP) is 4.47. The quantitative estimate of drug-likeness (QED) is 0.458. The predicted molar refractivity (Wildman–Crippen MR) is 89.0 cm³/mol. The van der Waals surface area contributed by atoms with Crippen LogP contribution in [0.15, 0.2) is 50.3 Å².